The Morgan fingerprint density at radius 1 is 1.35 bits per heavy atom. The Labute approximate surface area is 125 Å². The zero-order chi connectivity index (χ0) is 15.1. The lowest BCUT2D eigenvalue weighted by molar-refractivity contribution is -0.130. The normalized spacial score (nSPS) is 12.5. The number of hydrogen-bond acceptors (Lipinski definition) is 3. The van der Waals surface area contributed by atoms with Crippen LogP contribution in [-0.2, 0) is 4.79 Å². The van der Waals surface area contributed by atoms with E-state index in [2.05, 4.69) is 6.92 Å². The Hall–Kier alpha value is -1.10. The van der Waals surface area contributed by atoms with Gasteiger partial charge in [0, 0.05) is 31.2 Å². The van der Waals surface area contributed by atoms with Crippen molar-refractivity contribution in [3.8, 4) is 0 Å². The SMILES string of the molecule is CCCN(CC(=O)N(C)C)CC(O)c1ccccc1Cl. The number of amides is 1. The van der Waals surface area contributed by atoms with E-state index >= 15 is 0 Å². The molecule has 0 saturated heterocycles. The van der Waals surface area contributed by atoms with Crippen LogP contribution < -0.4 is 0 Å². The number of benzene rings is 1. The summed E-state index contributed by atoms with van der Waals surface area (Å²) in [5.74, 6) is 0.0322. The molecular formula is C15H23ClN2O2. The van der Waals surface area contributed by atoms with Gasteiger partial charge in [0.2, 0.25) is 5.91 Å². The van der Waals surface area contributed by atoms with Crippen LogP contribution in [0.4, 0.5) is 0 Å². The van der Waals surface area contributed by atoms with E-state index in [9.17, 15) is 9.90 Å². The molecule has 0 spiro atoms. The first-order chi connectivity index (χ1) is 9.45. The maximum atomic E-state index is 11.8. The number of aliphatic hydroxyl groups excluding tert-OH is 1. The molecule has 1 aromatic carbocycles. The van der Waals surface area contributed by atoms with Gasteiger partial charge in [0.05, 0.1) is 12.6 Å². The molecule has 112 valence electrons. The van der Waals surface area contributed by atoms with E-state index in [1.165, 1.54) is 0 Å². The number of aliphatic hydroxyl groups is 1. The topological polar surface area (TPSA) is 43.8 Å². The minimum Gasteiger partial charge on any atom is -0.387 e. The zero-order valence-corrected chi connectivity index (χ0v) is 13.1. The Balaban J connectivity index is 2.70. The van der Waals surface area contributed by atoms with Gasteiger partial charge in [-0.05, 0) is 19.0 Å². The molecule has 1 N–H and O–H groups in total. The van der Waals surface area contributed by atoms with Gasteiger partial charge in [-0.3, -0.25) is 9.69 Å². The highest BCUT2D eigenvalue weighted by molar-refractivity contribution is 6.31. The highest BCUT2D eigenvalue weighted by atomic mass is 35.5. The Kier molecular flexibility index (Phi) is 6.99. The Morgan fingerprint density at radius 3 is 2.55 bits per heavy atom. The number of rotatable bonds is 7. The standard InChI is InChI=1S/C15H23ClN2O2/c1-4-9-18(11-15(20)17(2)3)10-14(19)12-7-5-6-8-13(12)16/h5-8,14,19H,4,9-11H2,1-3H3. The third-order valence-electron chi connectivity index (χ3n) is 3.09. The average molecular weight is 299 g/mol. The summed E-state index contributed by atoms with van der Waals surface area (Å²) in [7, 11) is 3.47. The fourth-order valence-corrected chi connectivity index (χ4v) is 2.23. The summed E-state index contributed by atoms with van der Waals surface area (Å²) in [6, 6.07) is 7.25. The molecule has 0 aliphatic carbocycles. The molecule has 1 rings (SSSR count). The van der Waals surface area contributed by atoms with Crippen LogP contribution in [-0.4, -0.2) is 54.5 Å². The lowest BCUT2D eigenvalue weighted by Gasteiger charge is -2.25. The molecule has 0 radical (unpaired) electrons. The molecule has 0 aliphatic rings. The van der Waals surface area contributed by atoms with Crippen LogP contribution in [0, 0.1) is 0 Å². The van der Waals surface area contributed by atoms with Crippen molar-refractivity contribution in [2.75, 3.05) is 33.7 Å². The summed E-state index contributed by atoms with van der Waals surface area (Å²) in [4.78, 5) is 15.3. The quantitative estimate of drug-likeness (QED) is 0.839. The molecule has 0 aromatic heterocycles. The van der Waals surface area contributed by atoms with Gasteiger partial charge in [0.15, 0.2) is 0 Å². The second-order valence-electron chi connectivity index (χ2n) is 5.06. The van der Waals surface area contributed by atoms with Gasteiger partial charge in [-0.15, -0.1) is 0 Å². The molecule has 0 saturated carbocycles. The number of nitrogens with zero attached hydrogens (tertiary/aromatic N) is 2. The van der Waals surface area contributed by atoms with Crippen LogP contribution in [0.15, 0.2) is 24.3 Å². The van der Waals surface area contributed by atoms with Crippen LogP contribution in [0.25, 0.3) is 0 Å². The molecule has 4 nitrogen and oxygen atoms in total. The van der Waals surface area contributed by atoms with Crippen LogP contribution in [0.5, 0.6) is 0 Å². The smallest absolute Gasteiger partial charge is 0.236 e. The van der Waals surface area contributed by atoms with Crippen molar-refractivity contribution in [1.82, 2.24) is 9.80 Å². The molecule has 1 unspecified atom stereocenters. The first kappa shape index (κ1) is 17.0. The predicted octanol–water partition coefficient (Wildman–Crippen LogP) is 2.17. The number of likely N-dealkylation sites (N-methyl/N-ethyl adjacent to an activating group) is 1. The average Bonchev–Trinajstić information content (AvgIpc) is 2.39. The van der Waals surface area contributed by atoms with Crippen molar-refractivity contribution in [1.29, 1.82) is 0 Å². The summed E-state index contributed by atoms with van der Waals surface area (Å²) in [6.45, 7) is 3.52. The zero-order valence-electron chi connectivity index (χ0n) is 12.3. The van der Waals surface area contributed by atoms with Crippen LogP contribution in [0.1, 0.15) is 25.0 Å². The maximum Gasteiger partial charge on any atom is 0.236 e. The summed E-state index contributed by atoms with van der Waals surface area (Å²) >= 11 is 6.08. The summed E-state index contributed by atoms with van der Waals surface area (Å²) in [5, 5.41) is 10.9. The maximum absolute atomic E-state index is 11.8. The van der Waals surface area contributed by atoms with Crippen molar-refractivity contribution in [3.63, 3.8) is 0 Å². The molecular weight excluding hydrogens is 276 g/mol. The van der Waals surface area contributed by atoms with Crippen molar-refractivity contribution in [2.45, 2.75) is 19.4 Å². The first-order valence-corrected chi connectivity index (χ1v) is 7.18. The number of carbonyl (C=O) groups excluding carboxylic acids is 1. The molecule has 20 heavy (non-hydrogen) atoms. The number of hydrogen-bond donors (Lipinski definition) is 1. The van der Waals surface area contributed by atoms with E-state index in [1.54, 1.807) is 25.1 Å². The van der Waals surface area contributed by atoms with E-state index in [0.29, 0.717) is 23.7 Å². The molecule has 0 heterocycles. The van der Waals surface area contributed by atoms with Crippen molar-refractivity contribution < 1.29 is 9.90 Å². The minimum atomic E-state index is -0.690. The van der Waals surface area contributed by atoms with Gasteiger partial charge in [-0.1, -0.05) is 36.7 Å². The van der Waals surface area contributed by atoms with Crippen molar-refractivity contribution in [3.05, 3.63) is 34.9 Å². The van der Waals surface area contributed by atoms with E-state index < -0.39 is 6.10 Å². The van der Waals surface area contributed by atoms with Crippen molar-refractivity contribution >= 4 is 17.5 Å². The molecule has 0 fully saturated rings. The Morgan fingerprint density at radius 2 is 2.00 bits per heavy atom. The summed E-state index contributed by atoms with van der Waals surface area (Å²) in [6.07, 6.45) is 0.237. The second kappa shape index (κ2) is 8.25. The largest absolute Gasteiger partial charge is 0.387 e. The minimum absolute atomic E-state index is 0.0322. The Bertz CT molecular complexity index is 438. The second-order valence-corrected chi connectivity index (χ2v) is 5.47. The van der Waals surface area contributed by atoms with Crippen LogP contribution in [0.2, 0.25) is 5.02 Å². The number of carbonyl (C=O) groups is 1. The van der Waals surface area contributed by atoms with Gasteiger partial charge in [-0.2, -0.15) is 0 Å². The highest BCUT2D eigenvalue weighted by Crippen LogP contribution is 2.23. The van der Waals surface area contributed by atoms with Crippen LogP contribution >= 0.6 is 11.6 Å². The third kappa shape index (κ3) is 5.12. The van der Waals surface area contributed by atoms with Crippen LogP contribution in [0.3, 0.4) is 0 Å². The fourth-order valence-electron chi connectivity index (χ4n) is 1.97. The fraction of sp³-hybridized carbons (Fsp3) is 0.533. The van der Waals surface area contributed by atoms with E-state index in [1.807, 2.05) is 23.1 Å². The van der Waals surface area contributed by atoms with Gasteiger partial charge in [0.25, 0.3) is 0 Å². The van der Waals surface area contributed by atoms with Gasteiger partial charge >= 0.3 is 0 Å². The van der Waals surface area contributed by atoms with E-state index in [0.717, 1.165) is 13.0 Å². The molecule has 0 aliphatic heterocycles. The molecule has 0 bridgehead atoms. The molecule has 1 atom stereocenters. The molecule has 5 heteroatoms. The predicted molar refractivity (Wildman–Crippen MR) is 81.8 cm³/mol. The number of halogens is 1. The van der Waals surface area contributed by atoms with E-state index in [4.69, 9.17) is 11.6 Å². The lowest BCUT2D eigenvalue weighted by Crippen LogP contribution is -2.39. The highest BCUT2D eigenvalue weighted by Gasteiger charge is 2.18. The van der Waals surface area contributed by atoms with Crippen molar-refractivity contribution in [2.24, 2.45) is 0 Å². The lowest BCUT2D eigenvalue weighted by atomic mass is 10.1. The van der Waals surface area contributed by atoms with Gasteiger partial charge < -0.3 is 10.0 Å². The first-order valence-electron chi connectivity index (χ1n) is 6.80. The monoisotopic (exact) mass is 298 g/mol. The summed E-state index contributed by atoms with van der Waals surface area (Å²) < 4.78 is 0. The van der Waals surface area contributed by atoms with Gasteiger partial charge in [0.1, 0.15) is 0 Å². The van der Waals surface area contributed by atoms with Gasteiger partial charge in [-0.25, -0.2) is 0 Å². The van der Waals surface area contributed by atoms with E-state index in [-0.39, 0.29) is 5.91 Å². The summed E-state index contributed by atoms with van der Waals surface area (Å²) in [5.41, 5.74) is 0.701. The molecule has 1 amide bonds. The molecule has 1 aromatic rings. The third-order valence-corrected chi connectivity index (χ3v) is 3.44.